The molecule has 0 bridgehead atoms. The van der Waals surface area contributed by atoms with Crippen LogP contribution < -0.4 is 9.91 Å². The fourth-order valence-corrected chi connectivity index (χ4v) is 3.91. The lowest BCUT2D eigenvalue weighted by Crippen LogP contribution is -2.25. The van der Waals surface area contributed by atoms with Gasteiger partial charge in [0.05, 0.1) is 16.4 Å². The van der Waals surface area contributed by atoms with Gasteiger partial charge in [0.2, 0.25) is 5.13 Å². The minimum Gasteiger partial charge on any atom is -0.378 e. The molecule has 156 valence electrons. The van der Waals surface area contributed by atoms with Crippen LogP contribution in [0.5, 0.6) is 0 Å². The zero-order valence-electron chi connectivity index (χ0n) is 17.4. The Hall–Kier alpha value is -3.58. The molecule has 0 saturated carbocycles. The van der Waals surface area contributed by atoms with Gasteiger partial charge in [0.25, 0.3) is 5.91 Å². The third kappa shape index (κ3) is 4.62. The molecule has 0 saturated heterocycles. The van der Waals surface area contributed by atoms with Crippen molar-refractivity contribution in [2.24, 2.45) is 5.10 Å². The SMILES string of the molecule is Cc1ccc(/C=N/N(C(=O)c2ccc(N(C)C)cc2)c2nc3ccc(F)cc3s2)cc1. The number of benzene rings is 3. The molecule has 0 N–H and O–H groups in total. The number of hydrogen-bond donors (Lipinski definition) is 0. The molecular weight excluding hydrogens is 411 g/mol. The standard InChI is InChI=1S/C24H21FN4OS/c1-16-4-6-17(7-5-16)15-26-29(23(30)18-8-11-20(12-9-18)28(2)3)24-27-21-13-10-19(25)14-22(21)31-24/h4-15H,1-3H3/b26-15+. The summed E-state index contributed by atoms with van der Waals surface area (Å²) in [7, 11) is 3.88. The van der Waals surface area contributed by atoms with E-state index in [0.29, 0.717) is 20.9 Å². The summed E-state index contributed by atoms with van der Waals surface area (Å²) in [5.74, 6) is -0.656. The first kappa shape index (κ1) is 20.7. The van der Waals surface area contributed by atoms with E-state index in [9.17, 15) is 9.18 Å². The number of hydrogen-bond acceptors (Lipinski definition) is 5. The third-order valence-corrected chi connectivity index (χ3v) is 5.74. The molecule has 0 aliphatic rings. The molecule has 0 aliphatic carbocycles. The third-order valence-electron chi connectivity index (χ3n) is 4.74. The molecule has 0 fully saturated rings. The van der Waals surface area contributed by atoms with Gasteiger partial charge < -0.3 is 4.90 Å². The van der Waals surface area contributed by atoms with Crippen LogP contribution in [0.4, 0.5) is 15.2 Å². The van der Waals surface area contributed by atoms with Crippen LogP contribution in [0.2, 0.25) is 0 Å². The summed E-state index contributed by atoms with van der Waals surface area (Å²) < 4.78 is 14.3. The van der Waals surface area contributed by atoms with Crippen molar-refractivity contribution in [3.8, 4) is 0 Å². The number of carbonyl (C=O) groups excluding carboxylic acids is 1. The fourth-order valence-electron chi connectivity index (χ4n) is 2.97. The predicted octanol–water partition coefficient (Wildman–Crippen LogP) is 5.49. The highest BCUT2D eigenvalue weighted by atomic mass is 32.1. The van der Waals surface area contributed by atoms with Gasteiger partial charge in [-0.1, -0.05) is 41.2 Å². The Morgan fingerprint density at radius 2 is 1.74 bits per heavy atom. The average molecular weight is 433 g/mol. The second-order valence-electron chi connectivity index (χ2n) is 7.32. The smallest absolute Gasteiger partial charge is 0.280 e. The van der Waals surface area contributed by atoms with Crippen LogP contribution in [0.25, 0.3) is 10.2 Å². The van der Waals surface area contributed by atoms with Gasteiger partial charge in [-0.2, -0.15) is 10.1 Å². The van der Waals surface area contributed by atoms with E-state index in [0.717, 1.165) is 16.8 Å². The van der Waals surface area contributed by atoms with Crippen LogP contribution in [0.3, 0.4) is 0 Å². The minimum atomic E-state index is -0.344. The van der Waals surface area contributed by atoms with Crippen molar-refractivity contribution >= 4 is 44.5 Å². The van der Waals surface area contributed by atoms with Crippen molar-refractivity contribution in [3.63, 3.8) is 0 Å². The van der Waals surface area contributed by atoms with Crippen molar-refractivity contribution < 1.29 is 9.18 Å². The van der Waals surface area contributed by atoms with Crippen molar-refractivity contribution in [2.75, 3.05) is 24.0 Å². The molecule has 0 radical (unpaired) electrons. The lowest BCUT2D eigenvalue weighted by Gasteiger charge is -2.16. The molecule has 4 aromatic rings. The van der Waals surface area contributed by atoms with Gasteiger partial charge in [0.15, 0.2) is 0 Å². The number of thiazole rings is 1. The summed E-state index contributed by atoms with van der Waals surface area (Å²) in [5.41, 5.74) is 4.09. The quantitative estimate of drug-likeness (QED) is 0.309. The zero-order chi connectivity index (χ0) is 22.0. The number of nitrogens with zero attached hydrogens (tertiary/aromatic N) is 4. The Morgan fingerprint density at radius 1 is 1.03 bits per heavy atom. The van der Waals surface area contributed by atoms with E-state index in [1.165, 1.54) is 28.5 Å². The number of aryl methyl sites for hydroxylation is 1. The minimum absolute atomic E-state index is 0.312. The normalized spacial score (nSPS) is 11.2. The molecule has 31 heavy (non-hydrogen) atoms. The van der Waals surface area contributed by atoms with E-state index in [-0.39, 0.29) is 11.7 Å². The number of hydrazone groups is 1. The van der Waals surface area contributed by atoms with Crippen LogP contribution in [-0.4, -0.2) is 31.2 Å². The van der Waals surface area contributed by atoms with Crippen LogP contribution >= 0.6 is 11.3 Å². The molecule has 1 amide bonds. The fraction of sp³-hybridized carbons (Fsp3) is 0.125. The second kappa shape index (κ2) is 8.65. The number of anilines is 2. The summed E-state index contributed by atoms with van der Waals surface area (Å²) in [6, 6.07) is 19.5. The van der Waals surface area contributed by atoms with E-state index in [2.05, 4.69) is 10.1 Å². The molecule has 4 rings (SSSR count). The van der Waals surface area contributed by atoms with E-state index in [4.69, 9.17) is 0 Å². The molecule has 3 aromatic carbocycles. The lowest BCUT2D eigenvalue weighted by molar-refractivity contribution is 0.0988. The maximum atomic E-state index is 13.6. The molecule has 1 aromatic heterocycles. The molecule has 7 heteroatoms. The monoisotopic (exact) mass is 432 g/mol. The average Bonchev–Trinajstić information content (AvgIpc) is 3.17. The highest BCUT2D eigenvalue weighted by molar-refractivity contribution is 7.22. The summed E-state index contributed by atoms with van der Waals surface area (Å²) in [4.78, 5) is 19.8. The first-order valence-corrected chi connectivity index (χ1v) is 10.5. The zero-order valence-corrected chi connectivity index (χ0v) is 18.2. The Labute approximate surface area is 184 Å². The Morgan fingerprint density at radius 3 is 2.42 bits per heavy atom. The first-order valence-electron chi connectivity index (χ1n) is 9.69. The maximum absolute atomic E-state index is 13.6. The summed E-state index contributed by atoms with van der Waals surface area (Å²) in [6.07, 6.45) is 1.62. The van der Waals surface area contributed by atoms with Crippen molar-refractivity contribution in [1.82, 2.24) is 4.98 Å². The van der Waals surface area contributed by atoms with Gasteiger partial charge in [-0.3, -0.25) is 4.79 Å². The molecule has 0 atom stereocenters. The van der Waals surface area contributed by atoms with Gasteiger partial charge in [-0.15, -0.1) is 0 Å². The maximum Gasteiger partial charge on any atom is 0.280 e. The number of rotatable bonds is 5. The summed E-state index contributed by atoms with van der Waals surface area (Å²) in [6.45, 7) is 2.01. The highest BCUT2D eigenvalue weighted by Crippen LogP contribution is 2.30. The van der Waals surface area contributed by atoms with Crippen molar-refractivity contribution in [3.05, 3.63) is 89.2 Å². The predicted molar refractivity (Wildman–Crippen MR) is 126 cm³/mol. The number of amides is 1. The number of fused-ring (bicyclic) bond motifs is 1. The number of carbonyl (C=O) groups is 1. The molecule has 0 spiro atoms. The molecule has 1 heterocycles. The molecule has 5 nitrogen and oxygen atoms in total. The summed E-state index contributed by atoms with van der Waals surface area (Å²) in [5, 5.41) is 6.10. The second-order valence-corrected chi connectivity index (χ2v) is 8.33. The Balaban J connectivity index is 1.73. The van der Waals surface area contributed by atoms with Crippen molar-refractivity contribution in [2.45, 2.75) is 6.92 Å². The van der Waals surface area contributed by atoms with E-state index < -0.39 is 0 Å². The van der Waals surface area contributed by atoms with Crippen LogP contribution in [-0.2, 0) is 0 Å². The topological polar surface area (TPSA) is 48.8 Å². The summed E-state index contributed by atoms with van der Waals surface area (Å²) >= 11 is 1.22. The van der Waals surface area contributed by atoms with Crippen LogP contribution in [0.1, 0.15) is 21.5 Å². The Bertz CT molecular complexity index is 1250. The van der Waals surface area contributed by atoms with Gasteiger partial charge >= 0.3 is 0 Å². The number of halogens is 1. The molecule has 0 unspecified atom stereocenters. The van der Waals surface area contributed by atoms with Crippen LogP contribution in [0.15, 0.2) is 71.8 Å². The van der Waals surface area contributed by atoms with Crippen LogP contribution in [0, 0.1) is 12.7 Å². The molecular formula is C24H21FN4OS. The number of aromatic nitrogens is 1. The van der Waals surface area contributed by atoms with E-state index in [1.54, 1.807) is 24.4 Å². The van der Waals surface area contributed by atoms with E-state index in [1.807, 2.05) is 62.3 Å². The first-order chi connectivity index (χ1) is 14.9. The lowest BCUT2D eigenvalue weighted by atomic mass is 10.2. The highest BCUT2D eigenvalue weighted by Gasteiger charge is 2.21. The molecule has 0 aliphatic heterocycles. The Kier molecular flexibility index (Phi) is 5.77. The largest absolute Gasteiger partial charge is 0.378 e. The van der Waals surface area contributed by atoms with Gasteiger partial charge in [0.1, 0.15) is 5.82 Å². The van der Waals surface area contributed by atoms with Crippen molar-refractivity contribution in [1.29, 1.82) is 0 Å². The van der Waals surface area contributed by atoms with Gasteiger partial charge in [-0.25, -0.2) is 9.37 Å². The van der Waals surface area contributed by atoms with Gasteiger partial charge in [0, 0.05) is 25.3 Å². The van der Waals surface area contributed by atoms with Gasteiger partial charge in [-0.05, 0) is 55.0 Å². The van der Waals surface area contributed by atoms with E-state index >= 15 is 0 Å².